The van der Waals surface area contributed by atoms with Crippen molar-refractivity contribution in [3.63, 3.8) is 0 Å². The average Bonchev–Trinajstić information content (AvgIpc) is 2.13. The van der Waals surface area contributed by atoms with Crippen LogP contribution in [0.15, 0.2) is 0 Å². The van der Waals surface area contributed by atoms with Gasteiger partial charge in [0.2, 0.25) is 0 Å². The van der Waals surface area contributed by atoms with E-state index in [1.54, 1.807) is 0 Å². The lowest BCUT2D eigenvalue weighted by Gasteiger charge is -2.04. The van der Waals surface area contributed by atoms with Gasteiger partial charge in [-0.25, -0.2) is 0 Å². The van der Waals surface area contributed by atoms with Crippen molar-refractivity contribution < 1.29 is 14.6 Å². The number of hydrogen-bond acceptors (Lipinski definition) is 3. The number of ether oxygens (including phenoxy) is 1. The third-order valence-electron chi connectivity index (χ3n) is 1.44. The first-order valence-electron chi connectivity index (χ1n) is 2.78. The monoisotopic (exact) mass is 131 g/mol. The van der Waals surface area contributed by atoms with Gasteiger partial charge in [0.1, 0.15) is 0 Å². The van der Waals surface area contributed by atoms with Crippen LogP contribution in [0.25, 0.3) is 0 Å². The lowest BCUT2D eigenvalue weighted by atomic mass is 10.1. The summed E-state index contributed by atoms with van der Waals surface area (Å²) in [4.78, 5) is 10.3. The van der Waals surface area contributed by atoms with Gasteiger partial charge in [0.15, 0.2) is 0 Å². The van der Waals surface area contributed by atoms with Crippen LogP contribution in [-0.2, 0) is 9.53 Å². The van der Waals surface area contributed by atoms with Gasteiger partial charge in [-0.2, -0.15) is 0 Å². The molecule has 4 heteroatoms. The van der Waals surface area contributed by atoms with E-state index >= 15 is 0 Å². The number of rotatable bonds is 1. The Kier molecular flexibility index (Phi) is 1.68. The van der Waals surface area contributed by atoms with E-state index in [0.717, 1.165) is 0 Å². The van der Waals surface area contributed by atoms with Crippen LogP contribution in [0.2, 0.25) is 0 Å². The Labute approximate surface area is 52.6 Å². The Morgan fingerprint density at radius 2 is 2.33 bits per heavy atom. The summed E-state index contributed by atoms with van der Waals surface area (Å²) in [6, 6.07) is -0.317. The molecule has 0 bridgehead atoms. The van der Waals surface area contributed by atoms with Gasteiger partial charge >= 0.3 is 5.97 Å². The molecule has 0 aromatic rings. The van der Waals surface area contributed by atoms with Crippen LogP contribution in [0.1, 0.15) is 0 Å². The van der Waals surface area contributed by atoms with Gasteiger partial charge in [-0.3, -0.25) is 4.79 Å². The highest BCUT2D eigenvalue weighted by molar-refractivity contribution is 5.71. The first kappa shape index (κ1) is 6.51. The zero-order valence-electron chi connectivity index (χ0n) is 4.91. The standard InChI is InChI=1S/C5H9NO3/c6-4-2-9-1-3(4)5(7)8/h3-4H,1-2,6H2,(H,7,8)/t3-,4-/m0/s1. The fraction of sp³-hybridized carbons (Fsp3) is 0.800. The van der Waals surface area contributed by atoms with Gasteiger partial charge in [0, 0.05) is 6.04 Å². The molecule has 0 aliphatic carbocycles. The lowest BCUT2D eigenvalue weighted by Crippen LogP contribution is -2.33. The fourth-order valence-electron chi connectivity index (χ4n) is 0.825. The summed E-state index contributed by atoms with van der Waals surface area (Å²) in [6.07, 6.45) is 0. The highest BCUT2D eigenvalue weighted by atomic mass is 16.5. The SMILES string of the molecule is N[C@H]1COC[C@@H]1C(=O)O. The molecule has 0 unspecified atom stereocenters. The van der Waals surface area contributed by atoms with Crippen LogP contribution >= 0.6 is 0 Å². The molecule has 52 valence electrons. The first-order chi connectivity index (χ1) is 4.22. The fourth-order valence-corrected chi connectivity index (χ4v) is 0.825. The summed E-state index contributed by atoms with van der Waals surface area (Å²) in [5, 5.41) is 8.42. The summed E-state index contributed by atoms with van der Waals surface area (Å²) in [5.74, 6) is -1.36. The molecule has 0 spiro atoms. The summed E-state index contributed by atoms with van der Waals surface area (Å²) < 4.78 is 4.82. The van der Waals surface area contributed by atoms with Crippen molar-refractivity contribution in [2.75, 3.05) is 13.2 Å². The van der Waals surface area contributed by atoms with E-state index in [1.807, 2.05) is 0 Å². The molecule has 0 aromatic carbocycles. The van der Waals surface area contributed by atoms with Crippen LogP contribution in [0, 0.1) is 5.92 Å². The van der Waals surface area contributed by atoms with Crippen molar-refractivity contribution in [1.82, 2.24) is 0 Å². The molecule has 1 fully saturated rings. The number of carbonyl (C=O) groups is 1. The third-order valence-corrected chi connectivity index (χ3v) is 1.44. The molecule has 4 nitrogen and oxygen atoms in total. The Bertz CT molecular complexity index is 125. The normalized spacial score (nSPS) is 34.8. The number of aliphatic carboxylic acids is 1. The molecule has 0 amide bonds. The molecule has 1 rings (SSSR count). The molecule has 1 heterocycles. The van der Waals surface area contributed by atoms with Gasteiger partial charge in [0.25, 0.3) is 0 Å². The molecule has 0 aromatic heterocycles. The van der Waals surface area contributed by atoms with Crippen LogP contribution in [-0.4, -0.2) is 30.3 Å². The summed E-state index contributed by atoms with van der Waals surface area (Å²) >= 11 is 0. The minimum absolute atomic E-state index is 0.260. The van der Waals surface area contributed by atoms with Gasteiger partial charge in [0.05, 0.1) is 19.1 Å². The maximum atomic E-state index is 10.3. The minimum atomic E-state index is -0.861. The Balaban J connectivity index is 2.49. The van der Waals surface area contributed by atoms with E-state index in [9.17, 15) is 4.79 Å². The third kappa shape index (κ3) is 1.20. The van der Waals surface area contributed by atoms with Crippen molar-refractivity contribution >= 4 is 5.97 Å². The van der Waals surface area contributed by atoms with Gasteiger partial charge in [-0.15, -0.1) is 0 Å². The molecule has 3 N–H and O–H groups in total. The molecule has 0 radical (unpaired) electrons. The van der Waals surface area contributed by atoms with E-state index in [-0.39, 0.29) is 12.6 Å². The molecule has 9 heavy (non-hydrogen) atoms. The predicted octanol–water partition coefficient (Wildman–Crippen LogP) is -0.955. The van der Waals surface area contributed by atoms with Crippen molar-refractivity contribution in [1.29, 1.82) is 0 Å². The van der Waals surface area contributed by atoms with E-state index in [0.29, 0.717) is 6.61 Å². The molecular formula is C5H9NO3. The maximum absolute atomic E-state index is 10.3. The second-order valence-electron chi connectivity index (χ2n) is 2.15. The number of carboxylic acid groups (broad SMARTS) is 1. The van der Waals surface area contributed by atoms with E-state index < -0.39 is 11.9 Å². The highest BCUT2D eigenvalue weighted by Crippen LogP contribution is 2.10. The molecule has 2 atom stereocenters. The Hall–Kier alpha value is -0.610. The minimum Gasteiger partial charge on any atom is -0.481 e. The largest absolute Gasteiger partial charge is 0.481 e. The zero-order valence-corrected chi connectivity index (χ0v) is 4.91. The van der Waals surface area contributed by atoms with Crippen LogP contribution in [0.4, 0.5) is 0 Å². The molecule has 1 saturated heterocycles. The van der Waals surface area contributed by atoms with E-state index in [1.165, 1.54) is 0 Å². The van der Waals surface area contributed by atoms with Crippen molar-refractivity contribution in [2.24, 2.45) is 11.7 Å². The number of carboxylic acids is 1. The number of hydrogen-bond donors (Lipinski definition) is 2. The predicted molar refractivity (Wildman–Crippen MR) is 29.9 cm³/mol. The lowest BCUT2D eigenvalue weighted by molar-refractivity contribution is -0.141. The van der Waals surface area contributed by atoms with E-state index in [4.69, 9.17) is 15.6 Å². The average molecular weight is 131 g/mol. The maximum Gasteiger partial charge on any atom is 0.310 e. The molecular weight excluding hydrogens is 122 g/mol. The zero-order chi connectivity index (χ0) is 6.85. The summed E-state index contributed by atoms with van der Waals surface area (Å²) in [6.45, 7) is 0.632. The second-order valence-corrected chi connectivity index (χ2v) is 2.15. The highest BCUT2D eigenvalue weighted by Gasteiger charge is 2.30. The topological polar surface area (TPSA) is 72.5 Å². The van der Waals surface area contributed by atoms with Crippen molar-refractivity contribution in [3.05, 3.63) is 0 Å². The van der Waals surface area contributed by atoms with Gasteiger partial charge in [-0.05, 0) is 0 Å². The number of nitrogens with two attached hydrogens (primary N) is 1. The molecule has 1 aliphatic rings. The Morgan fingerprint density at radius 1 is 1.67 bits per heavy atom. The summed E-state index contributed by atoms with van der Waals surface area (Å²) in [7, 11) is 0. The van der Waals surface area contributed by atoms with Crippen molar-refractivity contribution in [3.8, 4) is 0 Å². The summed E-state index contributed by atoms with van der Waals surface area (Å²) in [5.41, 5.74) is 5.37. The Morgan fingerprint density at radius 3 is 2.56 bits per heavy atom. The van der Waals surface area contributed by atoms with Gasteiger partial charge < -0.3 is 15.6 Å². The second kappa shape index (κ2) is 2.33. The van der Waals surface area contributed by atoms with Crippen LogP contribution < -0.4 is 5.73 Å². The first-order valence-corrected chi connectivity index (χ1v) is 2.78. The quantitative estimate of drug-likeness (QED) is 0.481. The molecule has 0 saturated carbocycles. The molecule has 1 aliphatic heterocycles. The van der Waals surface area contributed by atoms with Gasteiger partial charge in [-0.1, -0.05) is 0 Å². The van der Waals surface area contributed by atoms with Crippen molar-refractivity contribution in [2.45, 2.75) is 6.04 Å². The van der Waals surface area contributed by atoms with Crippen LogP contribution in [0.5, 0.6) is 0 Å². The smallest absolute Gasteiger partial charge is 0.310 e. The van der Waals surface area contributed by atoms with E-state index in [2.05, 4.69) is 0 Å². The van der Waals surface area contributed by atoms with Crippen LogP contribution in [0.3, 0.4) is 0 Å².